The average molecular weight is 314 g/mol. The summed E-state index contributed by atoms with van der Waals surface area (Å²) in [5.74, 6) is -0.260. The second-order valence-corrected chi connectivity index (χ2v) is 5.19. The van der Waals surface area contributed by atoms with Crippen LogP contribution >= 0.6 is 0 Å². The largest absolute Gasteiger partial charge is 0.380 e. The molecule has 0 fully saturated rings. The number of amides is 1. The van der Waals surface area contributed by atoms with Gasteiger partial charge in [0.15, 0.2) is 0 Å². The molecule has 23 heavy (non-hydrogen) atoms. The SMILES string of the molecule is COCc1ccc(CNC(=O)c2ccc([N+](=O)[O-])c(C)c2)cc1. The van der Waals surface area contributed by atoms with Crippen molar-refractivity contribution in [3.63, 3.8) is 0 Å². The molecule has 6 heteroatoms. The molecule has 6 nitrogen and oxygen atoms in total. The van der Waals surface area contributed by atoms with Gasteiger partial charge in [-0.15, -0.1) is 0 Å². The van der Waals surface area contributed by atoms with Crippen LogP contribution in [0.15, 0.2) is 42.5 Å². The van der Waals surface area contributed by atoms with E-state index in [4.69, 9.17) is 4.74 Å². The van der Waals surface area contributed by atoms with E-state index < -0.39 is 4.92 Å². The van der Waals surface area contributed by atoms with Crippen molar-refractivity contribution >= 4 is 11.6 Å². The van der Waals surface area contributed by atoms with Crippen molar-refractivity contribution in [3.8, 4) is 0 Å². The van der Waals surface area contributed by atoms with Crippen LogP contribution in [0.5, 0.6) is 0 Å². The van der Waals surface area contributed by atoms with E-state index in [2.05, 4.69) is 5.32 Å². The van der Waals surface area contributed by atoms with Crippen molar-refractivity contribution in [2.75, 3.05) is 7.11 Å². The van der Waals surface area contributed by atoms with Gasteiger partial charge in [0.2, 0.25) is 0 Å². The van der Waals surface area contributed by atoms with Crippen LogP contribution in [0, 0.1) is 17.0 Å². The van der Waals surface area contributed by atoms with Crippen molar-refractivity contribution in [2.45, 2.75) is 20.1 Å². The topological polar surface area (TPSA) is 81.5 Å². The number of benzene rings is 2. The monoisotopic (exact) mass is 314 g/mol. The Morgan fingerprint density at radius 3 is 2.39 bits per heavy atom. The van der Waals surface area contributed by atoms with Gasteiger partial charge in [0.25, 0.3) is 11.6 Å². The van der Waals surface area contributed by atoms with E-state index in [0.717, 1.165) is 11.1 Å². The number of carbonyl (C=O) groups is 1. The summed E-state index contributed by atoms with van der Waals surface area (Å²) in [6, 6.07) is 12.1. The molecule has 0 aromatic heterocycles. The van der Waals surface area contributed by atoms with Gasteiger partial charge in [-0.2, -0.15) is 0 Å². The van der Waals surface area contributed by atoms with Crippen LogP contribution in [-0.4, -0.2) is 17.9 Å². The van der Waals surface area contributed by atoms with Crippen molar-refractivity contribution in [2.24, 2.45) is 0 Å². The number of carbonyl (C=O) groups excluding carboxylic acids is 1. The molecule has 0 radical (unpaired) electrons. The van der Waals surface area contributed by atoms with E-state index in [0.29, 0.717) is 24.3 Å². The second-order valence-electron chi connectivity index (χ2n) is 5.19. The number of nitrogens with zero attached hydrogens (tertiary/aromatic N) is 1. The smallest absolute Gasteiger partial charge is 0.272 e. The van der Waals surface area contributed by atoms with Crippen LogP contribution in [0.3, 0.4) is 0 Å². The first-order chi connectivity index (χ1) is 11.0. The molecule has 0 heterocycles. The fourth-order valence-corrected chi connectivity index (χ4v) is 2.21. The van der Waals surface area contributed by atoms with Gasteiger partial charge in [-0.05, 0) is 30.2 Å². The van der Waals surface area contributed by atoms with E-state index in [1.54, 1.807) is 14.0 Å². The van der Waals surface area contributed by atoms with E-state index >= 15 is 0 Å². The van der Waals surface area contributed by atoms with Crippen LogP contribution in [-0.2, 0) is 17.9 Å². The first-order valence-electron chi connectivity index (χ1n) is 7.11. The molecule has 2 aromatic rings. The number of aryl methyl sites for hydroxylation is 1. The zero-order valence-corrected chi connectivity index (χ0v) is 13.0. The number of hydrogen-bond acceptors (Lipinski definition) is 4. The van der Waals surface area contributed by atoms with Gasteiger partial charge in [-0.1, -0.05) is 24.3 Å². The fourth-order valence-electron chi connectivity index (χ4n) is 2.21. The number of nitrogens with one attached hydrogen (secondary N) is 1. The second kappa shape index (κ2) is 7.51. The number of nitro benzene ring substituents is 1. The molecule has 1 N–H and O–H groups in total. The fraction of sp³-hybridized carbons (Fsp3) is 0.235. The molecule has 2 rings (SSSR count). The number of hydrogen-bond donors (Lipinski definition) is 1. The molecule has 0 spiro atoms. The Bertz CT molecular complexity index is 711. The zero-order valence-electron chi connectivity index (χ0n) is 13.0. The highest BCUT2D eigenvalue weighted by Crippen LogP contribution is 2.18. The van der Waals surface area contributed by atoms with Gasteiger partial charge in [0.05, 0.1) is 11.5 Å². The van der Waals surface area contributed by atoms with E-state index in [1.807, 2.05) is 24.3 Å². The number of methoxy groups -OCH3 is 1. The average Bonchev–Trinajstić information content (AvgIpc) is 2.53. The molecule has 0 aliphatic carbocycles. The van der Waals surface area contributed by atoms with Gasteiger partial charge < -0.3 is 10.1 Å². The maximum Gasteiger partial charge on any atom is 0.272 e. The Morgan fingerprint density at radius 1 is 1.17 bits per heavy atom. The van der Waals surface area contributed by atoms with Gasteiger partial charge >= 0.3 is 0 Å². The molecular weight excluding hydrogens is 296 g/mol. The summed E-state index contributed by atoms with van der Waals surface area (Å²) < 4.78 is 5.04. The van der Waals surface area contributed by atoms with Gasteiger partial charge in [0.1, 0.15) is 0 Å². The van der Waals surface area contributed by atoms with Crippen molar-refractivity contribution in [1.29, 1.82) is 0 Å². The lowest BCUT2D eigenvalue weighted by atomic mass is 10.1. The molecule has 0 unspecified atom stereocenters. The highest BCUT2D eigenvalue weighted by Gasteiger charge is 2.13. The van der Waals surface area contributed by atoms with Crippen molar-refractivity contribution < 1.29 is 14.5 Å². The maximum atomic E-state index is 12.1. The summed E-state index contributed by atoms with van der Waals surface area (Å²) >= 11 is 0. The van der Waals surface area contributed by atoms with Crippen LogP contribution < -0.4 is 5.32 Å². The number of rotatable bonds is 6. The molecule has 2 aromatic carbocycles. The first kappa shape index (κ1) is 16.6. The van der Waals surface area contributed by atoms with E-state index in [-0.39, 0.29) is 11.6 Å². The molecule has 0 bridgehead atoms. The molecular formula is C17H18N2O4. The molecule has 1 amide bonds. The molecule has 0 saturated heterocycles. The lowest BCUT2D eigenvalue weighted by Crippen LogP contribution is -2.22. The minimum Gasteiger partial charge on any atom is -0.380 e. The van der Waals surface area contributed by atoms with Crippen LogP contribution in [0.25, 0.3) is 0 Å². The third kappa shape index (κ3) is 4.37. The molecule has 0 aliphatic rings. The Hall–Kier alpha value is -2.73. The van der Waals surface area contributed by atoms with Crippen molar-refractivity contribution in [1.82, 2.24) is 5.32 Å². The third-order valence-corrected chi connectivity index (χ3v) is 3.44. The standard InChI is InChI=1S/C17H18N2O4/c1-12-9-15(7-8-16(12)19(21)22)17(20)18-10-13-3-5-14(6-4-13)11-23-2/h3-9H,10-11H2,1-2H3,(H,18,20). The van der Waals surface area contributed by atoms with E-state index in [9.17, 15) is 14.9 Å². The maximum absolute atomic E-state index is 12.1. The lowest BCUT2D eigenvalue weighted by molar-refractivity contribution is -0.385. The Labute approximate surface area is 134 Å². The Kier molecular flexibility index (Phi) is 5.43. The predicted octanol–water partition coefficient (Wildman–Crippen LogP) is 2.98. The van der Waals surface area contributed by atoms with Crippen LogP contribution in [0.4, 0.5) is 5.69 Å². The molecule has 0 saturated carbocycles. The van der Waals surface area contributed by atoms with Gasteiger partial charge in [0, 0.05) is 30.8 Å². The summed E-state index contributed by atoms with van der Waals surface area (Å²) in [7, 11) is 1.64. The summed E-state index contributed by atoms with van der Waals surface area (Å²) in [4.78, 5) is 22.4. The predicted molar refractivity (Wildman–Crippen MR) is 86.2 cm³/mol. The highest BCUT2D eigenvalue weighted by atomic mass is 16.6. The third-order valence-electron chi connectivity index (χ3n) is 3.44. The first-order valence-corrected chi connectivity index (χ1v) is 7.11. The number of ether oxygens (including phenoxy) is 1. The van der Waals surface area contributed by atoms with Crippen molar-refractivity contribution in [3.05, 3.63) is 74.8 Å². The normalized spacial score (nSPS) is 10.3. The van der Waals surface area contributed by atoms with E-state index in [1.165, 1.54) is 18.2 Å². The Balaban J connectivity index is 1.99. The molecule has 0 aliphatic heterocycles. The summed E-state index contributed by atoms with van der Waals surface area (Å²) in [6.07, 6.45) is 0. The summed E-state index contributed by atoms with van der Waals surface area (Å²) in [5.41, 5.74) is 2.91. The van der Waals surface area contributed by atoms with Gasteiger partial charge in [-0.25, -0.2) is 0 Å². The summed E-state index contributed by atoms with van der Waals surface area (Å²) in [5, 5.41) is 13.6. The minimum atomic E-state index is -0.460. The highest BCUT2D eigenvalue weighted by molar-refractivity contribution is 5.94. The molecule has 0 atom stereocenters. The van der Waals surface area contributed by atoms with Gasteiger partial charge in [-0.3, -0.25) is 14.9 Å². The number of nitro groups is 1. The molecule has 120 valence electrons. The quantitative estimate of drug-likeness (QED) is 0.656. The summed E-state index contributed by atoms with van der Waals surface area (Å²) in [6.45, 7) is 2.56. The lowest BCUT2D eigenvalue weighted by Gasteiger charge is -2.07. The zero-order chi connectivity index (χ0) is 16.8. The van der Waals surface area contributed by atoms with Crippen LogP contribution in [0.1, 0.15) is 27.0 Å². The minimum absolute atomic E-state index is 0.00952. The Morgan fingerprint density at radius 2 is 1.83 bits per heavy atom. The van der Waals surface area contributed by atoms with Crippen LogP contribution in [0.2, 0.25) is 0 Å².